The summed E-state index contributed by atoms with van der Waals surface area (Å²) in [5.41, 5.74) is 3.40. The molecule has 7 rings (SSSR count). The Kier molecular flexibility index (Phi) is 5.66. The molecule has 0 aliphatic rings. The van der Waals surface area contributed by atoms with Gasteiger partial charge in [-0.25, -0.2) is 0 Å². The number of fused-ring (bicyclic) bond motifs is 4. The number of aromatic nitrogens is 1. The normalized spacial score (nSPS) is 11.8. The highest BCUT2D eigenvalue weighted by molar-refractivity contribution is 8.25. The van der Waals surface area contributed by atoms with E-state index in [2.05, 4.69) is 133 Å². The first-order chi connectivity index (χ1) is 18.7. The van der Waals surface area contributed by atoms with Crippen molar-refractivity contribution in [2.75, 3.05) is 0 Å². The summed E-state index contributed by atoms with van der Waals surface area (Å²) >= 11 is 6.57. The van der Waals surface area contributed by atoms with Gasteiger partial charge >= 0.3 is 0 Å². The lowest BCUT2D eigenvalue weighted by Gasteiger charge is -2.24. The summed E-state index contributed by atoms with van der Waals surface area (Å²) in [6.45, 7) is 0. The first kappa shape index (κ1) is 23.0. The molecule has 3 heteroatoms. The Hall–Kier alpha value is -4.10. The minimum atomic E-state index is -2.20. The summed E-state index contributed by atoms with van der Waals surface area (Å²) in [4.78, 5) is 4.75. The van der Waals surface area contributed by atoms with E-state index in [4.69, 9.17) is 16.8 Å². The molecule has 0 aliphatic heterocycles. The van der Waals surface area contributed by atoms with Crippen molar-refractivity contribution in [1.82, 2.24) is 4.98 Å². The average molecular weight is 522 g/mol. The van der Waals surface area contributed by atoms with Crippen molar-refractivity contribution in [1.29, 1.82) is 0 Å². The van der Waals surface area contributed by atoms with Crippen molar-refractivity contribution < 1.29 is 0 Å². The Labute approximate surface area is 227 Å². The highest BCUT2D eigenvalue weighted by Gasteiger charge is 2.24. The molecule has 1 nitrogen and oxygen atoms in total. The largest absolute Gasteiger partial charge is 0.256 e. The lowest BCUT2D eigenvalue weighted by Crippen LogP contribution is -2.24. The predicted molar refractivity (Wildman–Crippen MR) is 168 cm³/mol. The number of hydrogen-bond acceptors (Lipinski definition) is 2. The molecular weight excluding hydrogens is 497 g/mol. The van der Waals surface area contributed by atoms with E-state index in [1.54, 1.807) is 0 Å². The van der Waals surface area contributed by atoms with Gasteiger partial charge in [0.05, 0.1) is 5.52 Å². The molecule has 6 aromatic carbocycles. The lowest BCUT2D eigenvalue weighted by atomic mass is 9.91. The third-order valence-corrected chi connectivity index (χ3v) is 12.4. The average Bonchev–Trinajstić information content (AvgIpc) is 3.00. The second-order valence-electron chi connectivity index (χ2n) is 9.53. The lowest BCUT2D eigenvalue weighted by molar-refractivity contribution is 1.42. The highest BCUT2D eigenvalue weighted by atomic mass is 32.4. The highest BCUT2D eigenvalue weighted by Crippen LogP contribution is 2.44. The number of hydrogen-bond donors (Lipinski definition) is 0. The number of pyridine rings is 1. The molecule has 0 radical (unpaired) electrons. The Morgan fingerprint density at radius 2 is 1.08 bits per heavy atom. The first-order valence-electron chi connectivity index (χ1n) is 12.7. The maximum Gasteiger partial charge on any atom is 0.0714 e. The van der Waals surface area contributed by atoms with Crippen LogP contribution in [0.1, 0.15) is 0 Å². The van der Waals surface area contributed by atoms with E-state index < -0.39 is 6.04 Å². The van der Waals surface area contributed by atoms with Gasteiger partial charge in [0, 0.05) is 17.6 Å². The van der Waals surface area contributed by atoms with Gasteiger partial charge in [0.25, 0.3) is 0 Å². The third kappa shape index (κ3) is 3.69. The molecule has 0 spiro atoms. The third-order valence-electron chi connectivity index (χ3n) is 7.39. The molecule has 180 valence electrons. The van der Waals surface area contributed by atoms with Gasteiger partial charge in [-0.1, -0.05) is 139 Å². The van der Waals surface area contributed by atoms with Crippen molar-refractivity contribution in [3.05, 3.63) is 146 Å². The van der Waals surface area contributed by atoms with Crippen LogP contribution in [0.4, 0.5) is 0 Å². The van der Waals surface area contributed by atoms with E-state index in [-0.39, 0.29) is 0 Å². The zero-order valence-electron chi connectivity index (χ0n) is 20.7. The van der Waals surface area contributed by atoms with Crippen LogP contribution in [0.5, 0.6) is 0 Å². The fraction of sp³-hybridized carbons (Fsp3) is 0. The topological polar surface area (TPSA) is 12.9 Å². The number of rotatable bonds is 4. The summed E-state index contributed by atoms with van der Waals surface area (Å²) < 4.78 is 0. The van der Waals surface area contributed by atoms with E-state index in [9.17, 15) is 0 Å². The Balaban J connectivity index is 1.47. The molecule has 0 saturated heterocycles. The van der Waals surface area contributed by atoms with E-state index >= 15 is 0 Å². The molecule has 0 amide bonds. The summed E-state index contributed by atoms with van der Waals surface area (Å²) in [5, 5.41) is 9.73. The molecule has 0 atom stereocenters. The van der Waals surface area contributed by atoms with Crippen LogP contribution in [0.15, 0.2) is 146 Å². The summed E-state index contributed by atoms with van der Waals surface area (Å²) in [6, 6.07) is 47.5. The van der Waals surface area contributed by atoms with E-state index in [1.807, 2.05) is 12.3 Å². The van der Waals surface area contributed by atoms with Gasteiger partial charge < -0.3 is 0 Å². The predicted octanol–water partition coefficient (Wildman–Crippen LogP) is 7.96. The van der Waals surface area contributed by atoms with Crippen LogP contribution in [0, 0.1) is 0 Å². The van der Waals surface area contributed by atoms with Gasteiger partial charge in [-0.15, -0.1) is 0 Å². The molecular formula is C35H24NPS. The first-order valence-corrected chi connectivity index (χ1v) is 15.6. The Morgan fingerprint density at radius 1 is 0.474 bits per heavy atom. The zero-order valence-corrected chi connectivity index (χ0v) is 22.4. The molecule has 1 aromatic heterocycles. The number of nitrogens with zero attached hydrogens (tertiary/aromatic N) is 1. The van der Waals surface area contributed by atoms with Crippen LogP contribution in [-0.4, -0.2) is 4.98 Å². The smallest absolute Gasteiger partial charge is 0.0714 e. The van der Waals surface area contributed by atoms with Crippen LogP contribution < -0.4 is 15.9 Å². The molecule has 0 fully saturated rings. The monoisotopic (exact) mass is 521 g/mol. The van der Waals surface area contributed by atoms with Gasteiger partial charge in [0.2, 0.25) is 0 Å². The fourth-order valence-electron chi connectivity index (χ4n) is 5.57. The van der Waals surface area contributed by atoms with Crippen molar-refractivity contribution in [3.8, 4) is 11.1 Å². The van der Waals surface area contributed by atoms with Crippen LogP contribution in [0.2, 0.25) is 0 Å². The summed E-state index contributed by atoms with van der Waals surface area (Å²) in [7, 11) is 0. The van der Waals surface area contributed by atoms with Gasteiger partial charge in [0.1, 0.15) is 0 Å². The molecule has 38 heavy (non-hydrogen) atoms. The van der Waals surface area contributed by atoms with Gasteiger partial charge in [-0.3, -0.25) is 4.98 Å². The fourth-order valence-corrected chi connectivity index (χ4v) is 9.31. The maximum atomic E-state index is 6.57. The molecule has 0 saturated carbocycles. The second kappa shape index (κ2) is 9.33. The van der Waals surface area contributed by atoms with Crippen LogP contribution in [0.3, 0.4) is 0 Å². The van der Waals surface area contributed by atoms with Crippen LogP contribution in [0.25, 0.3) is 43.6 Å². The Bertz CT molecular complexity index is 1940. The maximum absolute atomic E-state index is 6.57. The summed E-state index contributed by atoms with van der Waals surface area (Å²) in [6.07, 6.45) is 1.88. The summed E-state index contributed by atoms with van der Waals surface area (Å²) in [5.74, 6) is 0. The molecule has 0 aliphatic carbocycles. The standard InChI is InChI=1S/C35H24NPS/c38-37(27-11-3-1-4-12-27,28-13-5-2-6-14-28)29-20-17-26(18-21-29)35-31-22-19-25-10-7-8-15-30(25)33(31)24-34-32(35)16-9-23-36-34/h1-24H. The number of benzene rings is 6. The Morgan fingerprint density at radius 3 is 1.79 bits per heavy atom. The molecule has 0 N–H and O–H groups in total. The minimum Gasteiger partial charge on any atom is -0.256 e. The molecule has 0 bridgehead atoms. The molecule has 0 unspecified atom stereocenters. The molecule has 1 heterocycles. The van der Waals surface area contributed by atoms with Crippen LogP contribution in [-0.2, 0) is 11.8 Å². The zero-order chi connectivity index (χ0) is 25.5. The van der Waals surface area contributed by atoms with Crippen molar-refractivity contribution >= 4 is 66.2 Å². The minimum absolute atomic E-state index is 1.01. The SMILES string of the molecule is S=P(c1ccccc1)(c1ccccc1)c1ccc(-c2c3cccnc3cc3c2ccc2ccccc23)cc1. The van der Waals surface area contributed by atoms with E-state index in [0.717, 1.165) is 10.9 Å². The molecule has 7 aromatic rings. The van der Waals surface area contributed by atoms with Crippen molar-refractivity contribution in [2.45, 2.75) is 0 Å². The van der Waals surface area contributed by atoms with Gasteiger partial charge in [0.15, 0.2) is 0 Å². The van der Waals surface area contributed by atoms with Crippen molar-refractivity contribution in [3.63, 3.8) is 0 Å². The second-order valence-corrected chi connectivity index (χ2v) is 13.9. The van der Waals surface area contributed by atoms with E-state index in [0.29, 0.717) is 0 Å². The van der Waals surface area contributed by atoms with E-state index in [1.165, 1.54) is 48.6 Å². The van der Waals surface area contributed by atoms with Gasteiger partial charge in [-0.2, -0.15) is 0 Å². The van der Waals surface area contributed by atoms with Crippen molar-refractivity contribution in [2.24, 2.45) is 0 Å². The van der Waals surface area contributed by atoms with Crippen LogP contribution >= 0.6 is 6.04 Å². The van der Waals surface area contributed by atoms with Gasteiger partial charge in [-0.05, 0) is 60.7 Å². The quantitative estimate of drug-likeness (QED) is 0.132.